The van der Waals surface area contributed by atoms with Crippen LogP contribution in [0.15, 0.2) is 18.3 Å². The average Bonchev–Trinajstić information content (AvgIpc) is 2.03. The Morgan fingerprint density at radius 2 is 2.45 bits per heavy atom. The Balaban J connectivity index is 2.96. The SMILES string of the molecule is COC(=O)c1cc(N)ccn1. The number of hydrogen-bond acceptors (Lipinski definition) is 4. The van der Waals surface area contributed by atoms with Gasteiger partial charge in [-0.25, -0.2) is 9.78 Å². The molecular weight excluding hydrogens is 144 g/mol. The predicted molar refractivity (Wildman–Crippen MR) is 40.0 cm³/mol. The topological polar surface area (TPSA) is 65.2 Å². The number of nitrogen functional groups attached to an aromatic ring is 1. The van der Waals surface area contributed by atoms with Gasteiger partial charge >= 0.3 is 5.97 Å². The van der Waals surface area contributed by atoms with E-state index < -0.39 is 5.97 Å². The molecule has 0 aromatic carbocycles. The highest BCUT2D eigenvalue weighted by molar-refractivity contribution is 5.87. The molecule has 4 nitrogen and oxygen atoms in total. The minimum Gasteiger partial charge on any atom is -0.464 e. The Morgan fingerprint density at radius 3 is 3.00 bits per heavy atom. The van der Waals surface area contributed by atoms with Gasteiger partial charge in [-0.05, 0) is 12.1 Å². The van der Waals surface area contributed by atoms with E-state index in [0.717, 1.165) is 0 Å². The second kappa shape index (κ2) is 3.01. The van der Waals surface area contributed by atoms with Crippen molar-refractivity contribution in [3.05, 3.63) is 24.0 Å². The van der Waals surface area contributed by atoms with Crippen LogP contribution in [0.1, 0.15) is 10.5 Å². The van der Waals surface area contributed by atoms with E-state index in [4.69, 9.17) is 5.73 Å². The number of nitrogens with two attached hydrogens (primary N) is 1. The summed E-state index contributed by atoms with van der Waals surface area (Å²) in [5, 5.41) is 0. The van der Waals surface area contributed by atoms with E-state index >= 15 is 0 Å². The van der Waals surface area contributed by atoms with E-state index in [9.17, 15) is 4.79 Å². The summed E-state index contributed by atoms with van der Waals surface area (Å²) in [6.45, 7) is 0. The highest BCUT2D eigenvalue weighted by Crippen LogP contribution is 2.03. The van der Waals surface area contributed by atoms with Crippen LogP contribution in [-0.4, -0.2) is 18.1 Å². The first-order valence-electron chi connectivity index (χ1n) is 3.04. The molecule has 58 valence electrons. The fourth-order valence-electron chi connectivity index (χ4n) is 0.663. The zero-order valence-electron chi connectivity index (χ0n) is 6.07. The van der Waals surface area contributed by atoms with Gasteiger partial charge in [-0.3, -0.25) is 0 Å². The van der Waals surface area contributed by atoms with Gasteiger partial charge in [0.05, 0.1) is 7.11 Å². The summed E-state index contributed by atoms with van der Waals surface area (Å²) >= 11 is 0. The minimum absolute atomic E-state index is 0.229. The number of esters is 1. The molecule has 2 N–H and O–H groups in total. The number of pyridine rings is 1. The van der Waals surface area contributed by atoms with E-state index in [2.05, 4.69) is 9.72 Å². The van der Waals surface area contributed by atoms with E-state index in [1.165, 1.54) is 19.4 Å². The molecule has 0 radical (unpaired) electrons. The maximum atomic E-state index is 10.8. The van der Waals surface area contributed by atoms with Crippen LogP contribution < -0.4 is 5.73 Å². The molecule has 4 heteroatoms. The molecule has 0 spiro atoms. The summed E-state index contributed by atoms with van der Waals surface area (Å²) in [4.78, 5) is 14.6. The third-order valence-electron chi connectivity index (χ3n) is 1.18. The molecule has 0 aliphatic rings. The van der Waals surface area contributed by atoms with Crippen LogP contribution in [0.4, 0.5) is 5.69 Å². The van der Waals surface area contributed by atoms with Gasteiger partial charge in [0.1, 0.15) is 5.69 Å². The zero-order valence-corrected chi connectivity index (χ0v) is 6.07. The first-order valence-corrected chi connectivity index (χ1v) is 3.04. The van der Waals surface area contributed by atoms with Crippen molar-refractivity contribution in [3.63, 3.8) is 0 Å². The van der Waals surface area contributed by atoms with Crippen LogP contribution in [0.3, 0.4) is 0 Å². The first kappa shape index (κ1) is 7.53. The monoisotopic (exact) mass is 152 g/mol. The number of methoxy groups -OCH3 is 1. The second-order valence-corrected chi connectivity index (χ2v) is 1.97. The van der Waals surface area contributed by atoms with Crippen molar-refractivity contribution in [2.45, 2.75) is 0 Å². The summed E-state index contributed by atoms with van der Waals surface area (Å²) < 4.78 is 4.43. The summed E-state index contributed by atoms with van der Waals surface area (Å²) in [6, 6.07) is 3.07. The molecule has 0 fully saturated rings. The summed E-state index contributed by atoms with van der Waals surface area (Å²) in [5.41, 5.74) is 6.13. The van der Waals surface area contributed by atoms with Gasteiger partial charge in [0.2, 0.25) is 0 Å². The van der Waals surface area contributed by atoms with Crippen LogP contribution >= 0.6 is 0 Å². The van der Waals surface area contributed by atoms with Crippen LogP contribution in [0.25, 0.3) is 0 Å². The van der Waals surface area contributed by atoms with Crippen molar-refractivity contribution >= 4 is 11.7 Å². The molecule has 1 aromatic heterocycles. The van der Waals surface area contributed by atoms with Gasteiger partial charge in [0.15, 0.2) is 0 Å². The van der Waals surface area contributed by atoms with Gasteiger partial charge in [-0.15, -0.1) is 0 Å². The third-order valence-corrected chi connectivity index (χ3v) is 1.18. The van der Waals surface area contributed by atoms with Crippen molar-refractivity contribution in [1.29, 1.82) is 0 Å². The van der Waals surface area contributed by atoms with Crippen LogP contribution in [0.2, 0.25) is 0 Å². The maximum Gasteiger partial charge on any atom is 0.356 e. The Labute approximate surface area is 64.0 Å². The molecular formula is C7H8N2O2. The first-order chi connectivity index (χ1) is 5.24. The Hall–Kier alpha value is -1.58. The average molecular weight is 152 g/mol. The summed E-state index contributed by atoms with van der Waals surface area (Å²) in [5.74, 6) is -0.475. The standard InChI is InChI=1S/C7H8N2O2/c1-11-7(10)6-4-5(8)2-3-9-6/h2-4H,1H3,(H2,8,9). The molecule has 0 saturated heterocycles. The number of hydrogen-bond donors (Lipinski definition) is 1. The van der Waals surface area contributed by atoms with Crippen molar-refractivity contribution in [3.8, 4) is 0 Å². The number of aromatic nitrogens is 1. The van der Waals surface area contributed by atoms with Crippen LogP contribution in [-0.2, 0) is 4.74 Å². The Morgan fingerprint density at radius 1 is 1.73 bits per heavy atom. The third kappa shape index (κ3) is 1.67. The molecule has 1 rings (SSSR count). The Bertz CT molecular complexity index is 273. The number of ether oxygens (including phenoxy) is 1. The maximum absolute atomic E-state index is 10.8. The fourth-order valence-corrected chi connectivity index (χ4v) is 0.663. The molecule has 0 saturated carbocycles. The quantitative estimate of drug-likeness (QED) is 0.593. The van der Waals surface area contributed by atoms with E-state index in [0.29, 0.717) is 5.69 Å². The zero-order chi connectivity index (χ0) is 8.27. The van der Waals surface area contributed by atoms with Crippen LogP contribution in [0.5, 0.6) is 0 Å². The molecule has 0 unspecified atom stereocenters. The largest absolute Gasteiger partial charge is 0.464 e. The molecule has 1 heterocycles. The smallest absolute Gasteiger partial charge is 0.356 e. The van der Waals surface area contributed by atoms with Gasteiger partial charge in [0, 0.05) is 11.9 Å². The van der Waals surface area contributed by atoms with Crippen molar-refractivity contribution < 1.29 is 9.53 Å². The number of rotatable bonds is 1. The molecule has 0 bridgehead atoms. The number of anilines is 1. The highest BCUT2D eigenvalue weighted by atomic mass is 16.5. The summed E-state index contributed by atoms with van der Waals surface area (Å²) in [7, 11) is 1.30. The van der Waals surface area contributed by atoms with E-state index in [1.54, 1.807) is 6.07 Å². The number of carbonyl (C=O) groups is 1. The molecule has 0 aliphatic heterocycles. The molecule has 0 atom stereocenters. The number of nitrogens with zero attached hydrogens (tertiary/aromatic N) is 1. The highest BCUT2D eigenvalue weighted by Gasteiger charge is 2.05. The molecule has 0 aliphatic carbocycles. The Kier molecular flexibility index (Phi) is 2.06. The fraction of sp³-hybridized carbons (Fsp3) is 0.143. The second-order valence-electron chi connectivity index (χ2n) is 1.97. The molecule has 11 heavy (non-hydrogen) atoms. The lowest BCUT2D eigenvalue weighted by molar-refractivity contribution is 0.0594. The van der Waals surface area contributed by atoms with E-state index in [1.807, 2.05) is 0 Å². The van der Waals surface area contributed by atoms with Crippen molar-refractivity contribution in [1.82, 2.24) is 4.98 Å². The van der Waals surface area contributed by atoms with E-state index in [-0.39, 0.29) is 5.69 Å². The van der Waals surface area contributed by atoms with Gasteiger partial charge in [-0.1, -0.05) is 0 Å². The minimum atomic E-state index is -0.475. The van der Waals surface area contributed by atoms with Crippen molar-refractivity contribution in [2.24, 2.45) is 0 Å². The van der Waals surface area contributed by atoms with Crippen LogP contribution in [0, 0.1) is 0 Å². The lowest BCUT2D eigenvalue weighted by atomic mass is 10.3. The summed E-state index contributed by atoms with van der Waals surface area (Å²) in [6.07, 6.45) is 1.46. The van der Waals surface area contributed by atoms with Gasteiger partial charge < -0.3 is 10.5 Å². The lowest BCUT2D eigenvalue weighted by Crippen LogP contribution is -2.04. The van der Waals surface area contributed by atoms with Gasteiger partial charge in [0.25, 0.3) is 0 Å². The van der Waals surface area contributed by atoms with Crippen molar-refractivity contribution in [2.75, 3.05) is 12.8 Å². The molecule has 1 aromatic rings. The predicted octanol–water partition coefficient (Wildman–Crippen LogP) is 0.450. The van der Waals surface area contributed by atoms with Gasteiger partial charge in [-0.2, -0.15) is 0 Å². The molecule has 0 amide bonds. The normalized spacial score (nSPS) is 9.18. The lowest BCUT2D eigenvalue weighted by Gasteiger charge is -1.97. The number of carbonyl (C=O) groups excluding carboxylic acids is 1.